The summed E-state index contributed by atoms with van der Waals surface area (Å²) < 4.78 is 0. The zero-order chi connectivity index (χ0) is 13.8. The van der Waals surface area contributed by atoms with Crippen LogP contribution in [0.4, 0.5) is 0 Å². The highest BCUT2D eigenvalue weighted by Gasteiger charge is 2.20. The van der Waals surface area contributed by atoms with Gasteiger partial charge in [0.15, 0.2) is 0 Å². The van der Waals surface area contributed by atoms with Gasteiger partial charge in [-0.3, -0.25) is 4.90 Å². The van der Waals surface area contributed by atoms with Gasteiger partial charge in [0.25, 0.3) is 0 Å². The van der Waals surface area contributed by atoms with Crippen LogP contribution in [0.2, 0.25) is 0 Å². The second-order valence-electron chi connectivity index (χ2n) is 6.54. The number of fused-ring (bicyclic) bond motifs is 1. The van der Waals surface area contributed by atoms with Crippen LogP contribution in [0.25, 0.3) is 0 Å². The van der Waals surface area contributed by atoms with E-state index in [9.17, 15) is 0 Å². The van der Waals surface area contributed by atoms with E-state index in [4.69, 9.17) is 0 Å². The zero-order valence-electron chi connectivity index (χ0n) is 12.8. The molecule has 0 saturated heterocycles. The van der Waals surface area contributed by atoms with Gasteiger partial charge in [0.1, 0.15) is 0 Å². The van der Waals surface area contributed by atoms with Crippen LogP contribution in [0, 0.1) is 0 Å². The molecule has 1 aliphatic carbocycles. The summed E-state index contributed by atoms with van der Waals surface area (Å²) >= 11 is 0. The Bertz CT molecular complexity index is 396. The summed E-state index contributed by atoms with van der Waals surface area (Å²) in [6, 6.07) is 10.4. The summed E-state index contributed by atoms with van der Waals surface area (Å²) in [4.78, 5) is 2.67. The first kappa shape index (κ1) is 14.1. The van der Waals surface area contributed by atoms with Crippen LogP contribution in [0.5, 0.6) is 0 Å². The molecule has 2 aliphatic rings. The third-order valence-electron chi connectivity index (χ3n) is 5.14. The smallest absolute Gasteiger partial charge is 0.0192 e. The molecule has 1 saturated carbocycles. The van der Waals surface area contributed by atoms with Gasteiger partial charge < -0.3 is 5.32 Å². The first-order valence-electron chi connectivity index (χ1n) is 8.37. The maximum atomic E-state index is 3.78. The first-order chi connectivity index (χ1) is 9.83. The van der Waals surface area contributed by atoms with Gasteiger partial charge in [-0.25, -0.2) is 0 Å². The van der Waals surface area contributed by atoms with E-state index in [0.29, 0.717) is 6.04 Å². The molecule has 1 unspecified atom stereocenters. The highest BCUT2D eigenvalue weighted by Crippen LogP contribution is 2.19. The standard InChI is InChI=1S/C18H28N2/c1-15(14-19-18-8-4-5-9-18)20-12-10-16-6-2-3-7-17(16)11-13-20/h2-3,6-7,15,18-19H,4-5,8-14H2,1H3. The van der Waals surface area contributed by atoms with Crippen LogP contribution in [0.3, 0.4) is 0 Å². The van der Waals surface area contributed by atoms with Gasteiger partial charge >= 0.3 is 0 Å². The lowest BCUT2D eigenvalue weighted by molar-refractivity contribution is 0.209. The van der Waals surface area contributed by atoms with Crippen molar-refractivity contribution >= 4 is 0 Å². The van der Waals surface area contributed by atoms with E-state index >= 15 is 0 Å². The molecule has 0 radical (unpaired) electrons. The van der Waals surface area contributed by atoms with Crippen molar-refractivity contribution < 1.29 is 0 Å². The van der Waals surface area contributed by atoms with Gasteiger partial charge in [0.05, 0.1) is 0 Å². The molecule has 110 valence electrons. The molecule has 1 aliphatic heterocycles. The van der Waals surface area contributed by atoms with Crippen molar-refractivity contribution in [3.05, 3.63) is 35.4 Å². The van der Waals surface area contributed by atoms with Gasteiger partial charge in [-0.2, -0.15) is 0 Å². The highest BCUT2D eigenvalue weighted by molar-refractivity contribution is 5.28. The molecule has 1 heterocycles. The molecular weight excluding hydrogens is 244 g/mol. The highest BCUT2D eigenvalue weighted by atomic mass is 15.2. The summed E-state index contributed by atoms with van der Waals surface area (Å²) in [5.41, 5.74) is 3.12. The van der Waals surface area contributed by atoms with E-state index in [1.807, 2.05) is 0 Å². The number of hydrogen-bond acceptors (Lipinski definition) is 2. The molecule has 3 rings (SSSR count). The second-order valence-corrected chi connectivity index (χ2v) is 6.54. The zero-order valence-corrected chi connectivity index (χ0v) is 12.8. The molecule has 1 N–H and O–H groups in total. The summed E-state index contributed by atoms with van der Waals surface area (Å²) in [5, 5.41) is 3.78. The van der Waals surface area contributed by atoms with Crippen molar-refractivity contribution in [1.82, 2.24) is 10.2 Å². The number of benzene rings is 1. The Kier molecular flexibility index (Phi) is 4.74. The number of nitrogens with zero attached hydrogens (tertiary/aromatic N) is 1. The molecule has 0 aromatic heterocycles. The molecule has 2 heteroatoms. The third-order valence-corrected chi connectivity index (χ3v) is 5.14. The average Bonchev–Trinajstić information content (AvgIpc) is 2.90. The molecule has 1 aromatic rings. The molecule has 20 heavy (non-hydrogen) atoms. The first-order valence-corrected chi connectivity index (χ1v) is 8.37. The van der Waals surface area contributed by atoms with Crippen molar-refractivity contribution in [3.63, 3.8) is 0 Å². The molecule has 0 bridgehead atoms. The quantitative estimate of drug-likeness (QED) is 0.906. The predicted molar refractivity (Wildman–Crippen MR) is 85.1 cm³/mol. The lowest BCUT2D eigenvalue weighted by Crippen LogP contribution is -2.44. The SMILES string of the molecule is CC(CNC1CCCC1)N1CCc2ccccc2CC1. The van der Waals surface area contributed by atoms with Crippen molar-refractivity contribution in [2.45, 2.75) is 57.5 Å². The molecule has 1 atom stereocenters. The third kappa shape index (κ3) is 3.42. The molecular formula is C18H28N2. The molecule has 0 amide bonds. The Morgan fingerprint density at radius 3 is 2.30 bits per heavy atom. The van der Waals surface area contributed by atoms with E-state index in [-0.39, 0.29) is 0 Å². The minimum absolute atomic E-state index is 0.657. The van der Waals surface area contributed by atoms with E-state index in [0.717, 1.165) is 12.6 Å². The van der Waals surface area contributed by atoms with Crippen molar-refractivity contribution in [3.8, 4) is 0 Å². The lowest BCUT2D eigenvalue weighted by Gasteiger charge is -2.29. The van der Waals surface area contributed by atoms with Crippen LogP contribution >= 0.6 is 0 Å². The fourth-order valence-corrected chi connectivity index (χ4v) is 3.72. The Morgan fingerprint density at radius 2 is 1.70 bits per heavy atom. The summed E-state index contributed by atoms with van der Waals surface area (Å²) in [6.45, 7) is 5.97. The Balaban J connectivity index is 1.50. The predicted octanol–water partition coefficient (Wildman–Crippen LogP) is 3.01. The van der Waals surface area contributed by atoms with Crippen molar-refractivity contribution in [2.75, 3.05) is 19.6 Å². The van der Waals surface area contributed by atoms with Crippen molar-refractivity contribution in [2.24, 2.45) is 0 Å². The Hall–Kier alpha value is -0.860. The van der Waals surface area contributed by atoms with Gasteiger partial charge in [-0.1, -0.05) is 37.1 Å². The number of hydrogen-bond donors (Lipinski definition) is 1. The van der Waals surface area contributed by atoms with Gasteiger partial charge in [0, 0.05) is 31.7 Å². The second kappa shape index (κ2) is 6.73. The summed E-state index contributed by atoms with van der Waals surface area (Å²) in [6.07, 6.45) is 8.04. The van der Waals surface area contributed by atoms with Crippen LogP contribution in [-0.2, 0) is 12.8 Å². The molecule has 0 spiro atoms. The number of nitrogens with one attached hydrogen (secondary N) is 1. The van der Waals surface area contributed by atoms with Gasteiger partial charge in [-0.05, 0) is 43.7 Å². The topological polar surface area (TPSA) is 15.3 Å². The molecule has 2 nitrogen and oxygen atoms in total. The van der Waals surface area contributed by atoms with Gasteiger partial charge in [-0.15, -0.1) is 0 Å². The molecule has 1 aromatic carbocycles. The number of rotatable bonds is 4. The monoisotopic (exact) mass is 272 g/mol. The van der Waals surface area contributed by atoms with E-state index < -0.39 is 0 Å². The van der Waals surface area contributed by atoms with Crippen LogP contribution in [-0.4, -0.2) is 36.6 Å². The van der Waals surface area contributed by atoms with Crippen LogP contribution < -0.4 is 5.32 Å². The Morgan fingerprint density at radius 1 is 1.10 bits per heavy atom. The summed E-state index contributed by atoms with van der Waals surface area (Å²) in [7, 11) is 0. The van der Waals surface area contributed by atoms with Crippen molar-refractivity contribution in [1.29, 1.82) is 0 Å². The maximum absolute atomic E-state index is 3.78. The van der Waals surface area contributed by atoms with Crippen LogP contribution in [0.15, 0.2) is 24.3 Å². The summed E-state index contributed by atoms with van der Waals surface area (Å²) in [5.74, 6) is 0. The van der Waals surface area contributed by atoms with Gasteiger partial charge in [0.2, 0.25) is 0 Å². The fraction of sp³-hybridized carbons (Fsp3) is 0.667. The molecule has 1 fully saturated rings. The minimum atomic E-state index is 0.657. The minimum Gasteiger partial charge on any atom is -0.312 e. The normalized spacial score (nSPS) is 22.4. The van der Waals surface area contributed by atoms with Crippen LogP contribution in [0.1, 0.15) is 43.7 Å². The largest absolute Gasteiger partial charge is 0.312 e. The fourth-order valence-electron chi connectivity index (χ4n) is 3.72. The average molecular weight is 272 g/mol. The van der Waals surface area contributed by atoms with E-state index in [2.05, 4.69) is 41.4 Å². The van der Waals surface area contributed by atoms with E-state index in [1.165, 1.54) is 51.6 Å². The lowest BCUT2D eigenvalue weighted by atomic mass is 10.0. The maximum Gasteiger partial charge on any atom is 0.0192 e. The Labute approximate surface area is 123 Å². The van der Waals surface area contributed by atoms with E-state index in [1.54, 1.807) is 11.1 Å².